The smallest absolute Gasteiger partial charge is 0.265 e. The maximum Gasteiger partial charge on any atom is 0.265 e. The summed E-state index contributed by atoms with van der Waals surface area (Å²) in [4.78, 5) is 17.9. The van der Waals surface area contributed by atoms with Gasteiger partial charge in [0.1, 0.15) is 10.7 Å². The monoisotopic (exact) mass is 310 g/mol. The molecule has 0 aliphatic rings. The predicted molar refractivity (Wildman–Crippen MR) is 85.5 cm³/mol. The molecule has 4 N–H and O–H groups in total. The van der Waals surface area contributed by atoms with E-state index in [0.29, 0.717) is 16.6 Å². The van der Waals surface area contributed by atoms with Gasteiger partial charge in [0.2, 0.25) is 0 Å². The van der Waals surface area contributed by atoms with Crippen molar-refractivity contribution < 1.29 is 4.79 Å². The number of carbonyl (C=O) groups excluding carboxylic acids is 1. The molecule has 0 aliphatic carbocycles. The molecule has 2 rings (SSSR count). The van der Waals surface area contributed by atoms with Crippen molar-refractivity contribution >= 4 is 39.5 Å². The third-order valence-electron chi connectivity index (χ3n) is 2.65. The van der Waals surface area contributed by atoms with E-state index in [4.69, 9.17) is 5.73 Å². The van der Waals surface area contributed by atoms with Crippen LogP contribution in [-0.2, 0) is 6.54 Å². The zero-order valence-corrected chi connectivity index (χ0v) is 13.3. The fourth-order valence-corrected chi connectivity index (χ4v) is 3.42. The molecule has 0 saturated heterocycles. The van der Waals surface area contributed by atoms with Crippen LogP contribution in [0.1, 0.15) is 34.0 Å². The van der Waals surface area contributed by atoms with Gasteiger partial charge >= 0.3 is 0 Å². The number of aromatic nitrogens is 1. The molecule has 0 fully saturated rings. The fraction of sp³-hybridized carbons (Fsp3) is 0.385. The number of amides is 1. The van der Waals surface area contributed by atoms with Crippen molar-refractivity contribution in [2.45, 2.75) is 33.4 Å². The van der Waals surface area contributed by atoms with Crippen LogP contribution >= 0.6 is 22.7 Å². The highest BCUT2D eigenvalue weighted by atomic mass is 32.1. The average Bonchev–Trinajstić information content (AvgIpc) is 2.92. The van der Waals surface area contributed by atoms with Crippen LogP contribution in [0.5, 0.6) is 0 Å². The second-order valence-electron chi connectivity index (χ2n) is 4.74. The molecule has 20 heavy (non-hydrogen) atoms. The predicted octanol–water partition coefficient (Wildman–Crippen LogP) is 2.85. The summed E-state index contributed by atoms with van der Waals surface area (Å²) in [7, 11) is 0. The van der Waals surface area contributed by atoms with E-state index >= 15 is 0 Å². The van der Waals surface area contributed by atoms with E-state index < -0.39 is 0 Å². The number of thiophene rings is 1. The average molecular weight is 310 g/mol. The summed E-state index contributed by atoms with van der Waals surface area (Å²) in [5.74, 6) is 0.100. The molecule has 0 atom stereocenters. The maximum absolute atomic E-state index is 12.1. The summed E-state index contributed by atoms with van der Waals surface area (Å²) in [6.07, 6.45) is 0. The van der Waals surface area contributed by atoms with Crippen LogP contribution in [0.4, 0.5) is 10.9 Å². The first-order valence-corrected chi connectivity index (χ1v) is 8.01. The highest BCUT2D eigenvalue weighted by molar-refractivity contribution is 7.18. The van der Waals surface area contributed by atoms with Crippen LogP contribution in [-0.4, -0.2) is 16.9 Å². The second-order valence-corrected chi connectivity index (χ2v) is 6.74. The zero-order valence-electron chi connectivity index (χ0n) is 11.7. The molecular formula is C13H18N4OS2. The summed E-state index contributed by atoms with van der Waals surface area (Å²) < 4.78 is 0. The molecule has 2 aromatic rings. The van der Waals surface area contributed by atoms with Gasteiger partial charge in [0.15, 0.2) is 5.13 Å². The van der Waals surface area contributed by atoms with E-state index in [0.717, 1.165) is 4.88 Å². The second kappa shape index (κ2) is 6.23. The normalized spacial score (nSPS) is 10.8. The van der Waals surface area contributed by atoms with Crippen molar-refractivity contribution in [2.24, 2.45) is 0 Å². The Morgan fingerprint density at radius 2 is 2.25 bits per heavy atom. The van der Waals surface area contributed by atoms with Crippen LogP contribution < -0.4 is 16.4 Å². The lowest BCUT2D eigenvalue weighted by molar-refractivity contribution is 0.0956. The van der Waals surface area contributed by atoms with Crippen molar-refractivity contribution in [3.8, 4) is 0 Å². The molecule has 0 spiro atoms. The molecule has 0 radical (unpaired) electrons. The molecule has 7 heteroatoms. The van der Waals surface area contributed by atoms with E-state index in [1.54, 1.807) is 11.3 Å². The van der Waals surface area contributed by atoms with Crippen LogP contribution in [0.2, 0.25) is 0 Å². The number of carbonyl (C=O) groups is 1. The maximum atomic E-state index is 12.1. The fourth-order valence-electron chi connectivity index (χ4n) is 1.63. The number of aryl methyl sites for hydroxylation is 1. The van der Waals surface area contributed by atoms with E-state index in [1.165, 1.54) is 16.9 Å². The molecule has 108 valence electrons. The van der Waals surface area contributed by atoms with E-state index in [2.05, 4.69) is 15.6 Å². The van der Waals surface area contributed by atoms with E-state index in [1.807, 2.05) is 32.2 Å². The van der Waals surface area contributed by atoms with Crippen LogP contribution in [0.25, 0.3) is 0 Å². The Morgan fingerprint density at radius 1 is 1.50 bits per heavy atom. The van der Waals surface area contributed by atoms with Crippen LogP contribution in [0.15, 0.2) is 11.4 Å². The number of nitrogens with two attached hydrogens (primary N) is 1. The van der Waals surface area contributed by atoms with Crippen molar-refractivity contribution in [1.82, 2.24) is 10.3 Å². The number of nitrogen functional groups attached to an aromatic ring is 1. The molecule has 0 saturated carbocycles. The summed E-state index contributed by atoms with van der Waals surface area (Å²) >= 11 is 2.92. The minimum Gasteiger partial charge on any atom is -0.382 e. The van der Waals surface area contributed by atoms with Crippen LogP contribution in [0, 0.1) is 6.92 Å². The first kappa shape index (κ1) is 14.8. The quantitative estimate of drug-likeness (QED) is 0.793. The number of anilines is 2. The number of hydrogen-bond acceptors (Lipinski definition) is 6. The van der Waals surface area contributed by atoms with Gasteiger partial charge in [-0.15, -0.1) is 11.3 Å². The highest BCUT2D eigenvalue weighted by Crippen LogP contribution is 2.25. The third-order valence-corrected chi connectivity index (χ3v) is 4.67. The Kier molecular flexibility index (Phi) is 4.61. The van der Waals surface area contributed by atoms with Gasteiger partial charge in [-0.3, -0.25) is 4.79 Å². The molecule has 0 bridgehead atoms. The molecule has 2 aromatic heterocycles. The van der Waals surface area contributed by atoms with Gasteiger partial charge in [0, 0.05) is 10.9 Å². The summed E-state index contributed by atoms with van der Waals surface area (Å²) in [6, 6.07) is 2.29. The van der Waals surface area contributed by atoms with Gasteiger partial charge in [-0.1, -0.05) is 11.3 Å². The molecular weight excluding hydrogens is 292 g/mol. The Balaban J connectivity index is 2.02. The van der Waals surface area contributed by atoms with Crippen molar-refractivity contribution in [2.75, 3.05) is 11.1 Å². The number of hydrogen-bond donors (Lipinski definition) is 3. The summed E-state index contributed by atoms with van der Waals surface area (Å²) in [6.45, 7) is 6.57. The molecule has 0 aliphatic heterocycles. The van der Waals surface area contributed by atoms with Gasteiger partial charge in [0.05, 0.1) is 6.54 Å². The van der Waals surface area contributed by atoms with E-state index in [-0.39, 0.29) is 17.8 Å². The Morgan fingerprint density at radius 3 is 2.85 bits per heavy atom. The number of thiazole rings is 1. The van der Waals surface area contributed by atoms with Gasteiger partial charge in [-0.2, -0.15) is 0 Å². The molecule has 0 aromatic carbocycles. The number of rotatable bonds is 5. The lowest BCUT2D eigenvalue weighted by atomic mass is 10.3. The van der Waals surface area contributed by atoms with Crippen molar-refractivity contribution in [3.63, 3.8) is 0 Å². The minimum absolute atomic E-state index is 0.176. The van der Waals surface area contributed by atoms with Gasteiger partial charge < -0.3 is 16.4 Å². The summed E-state index contributed by atoms with van der Waals surface area (Å²) in [5.41, 5.74) is 6.99. The summed E-state index contributed by atoms with van der Waals surface area (Å²) in [5, 5.41) is 8.73. The van der Waals surface area contributed by atoms with Crippen molar-refractivity contribution in [3.05, 3.63) is 26.8 Å². The van der Waals surface area contributed by atoms with Gasteiger partial charge in [-0.25, -0.2) is 4.98 Å². The zero-order chi connectivity index (χ0) is 14.7. The van der Waals surface area contributed by atoms with E-state index in [9.17, 15) is 4.79 Å². The molecule has 2 heterocycles. The molecule has 1 amide bonds. The third kappa shape index (κ3) is 3.49. The Bertz CT molecular complexity index is 603. The lowest BCUT2D eigenvalue weighted by Gasteiger charge is -2.04. The Hall–Kier alpha value is -1.60. The number of nitrogens with one attached hydrogen (secondary N) is 2. The first-order valence-electron chi connectivity index (χ1n) is 6.31. The van der Waals surface area contributed by atoms with Crippen LogP contribution in [0.3, 0.4) is 0 Å². The molecule has 5 nitrogen and oxygen atoms in total. The molecule has 0 unspecified atom stereocenters. The largest absolute Gasteiger partial charge is 0.382 e. The van der Waals surface area contributed by atoms with Crippen molar-refractivity contribution in [1.29, 1.82) is 0 Å². The lowest BCUT2D eigenvalue weighted by Crippen LogP contribution is -2.22. The standard InChI is InChI=1S/C13H18N4OS2/c1-7(2)16-13-17-11(14)10(20-13)12(18)15-6-9-8(3)4-5-19-9/h4-5,7H,6,14H2,1-3H3,(H,15,18)(H,16,17). The first-order chi connectivity index (χ1) is 9.47. The SMILES string of the molecule is Cc1ccsc1CNC(=O)c1sc(NC(C)C)nc1N. The number of nitrogens with zero attached hydrogens (tertiary/aromatic N) is 1. The Labute approximate surface area is 126 Å². The van der Waals surface area contributed by atoms with Gasteiger partial charge in [0.25, 0.3) is 5.91 Å². The minimum atomic E-state index is -0.176. The van der Waals surface area contributed by atoms with Gasteiger partial charge in [-0.05, 0) is 37.8 Å². The highest BCUT2D eigenvalue weighted by Gasteiger charge is 2.16. The topological polar surface area (TPSA) is 80.0 Å².